The Morgan fingerprint density at radius 2 is 0.691 bits per heavy atom. The molecule has 1 atom stereocenters. The summed E-state index contributed by atoms with van der Waals surface area (Å²) in [6.07, 6.45) is 42.4. The molecule has 0 aliphatic carbocycles. The number of rotatable bonds is 59. The van der Waals surface area contributed by atoms with Gasteiger partial charge in [0, 0.05) is 25.9 Å². The second-order valence-corrected chi connectivity index (χ2v) is 20.0. The van der Waals surface area contributed by atoms with Crippen LogP contribution in [0.4, 0.5) is 0 Å². The lowest BCUT2D eigenvalue weighted by Crippen LogP contribution is -2.32. The number of aliphatic hydroxyl groups excluding tert-OH is 1. The van der Waals surface area contributed by atoms with Crippen LogP contribution in [0.2, 0.25) is 0 Å². The van der Waals surface area contributed by atoms with E-state index in [4.69, 9.17) is 10.4 Å². The summed E-state index contributed by atoms with van der Waals surface area (Å²) in [4.78, 5) is 28.4. The maximum atomic E-state index is 12.4. The number of aliphatic hydroxyl groups is 1. The van der Waals surface area contributed by atoms with Gasteiger partial charge in [-0.2, -0.15) is 0 Å². The van der Waals surface area contributed by atoms with Crippen molar-refractivity contribution >= 4 is 11.8 Å². The molecule has 0 spiro atoms. The van der Waals surface area contributed by atoms with E-state index < -0.39 is 6.10 Å². The fourth-order valence-corrected chi connectivity index (χ4v) is 8.90. The lowest BCUT2D eigenvalue weighted by atomic mass is 10.00. The van der Waals surface area contributed by atoms with Gasteiger partial charge in [0.15, 0.2) is 0 Å². The van der Waals surface area contributed by atoms with Gasteiger partial charge >= 0.3 is 0 Å². The first kappa shape index (κ1) is 66.6. The minimum absolute atomic E-state index is 0.0363. The molecule has 0 saturated heterocycles. The normalized spacial score (nSPS) is 12.1. The molecule has 0 aromatic rings. The van der Waals surface area contributed by atoms with Crippen molar-refractivity contribution in [2.45, 2.75) is 237 Å². The highest BCUT2D eigenvalue weighted by molar-refractivity contribution is 5.76. The maximum absolute atomic E-state index is 12.4. The molecule has 0 aliphatic heterocycles. The van der Waals surface area contributed by atoms with Crippen molar-refractivity contribution in [2.75, 3.05) is 99.2 Å². The lowest BCUT2D eigenvalue weighted by molar-refractivity contribution is -0.286. The molecule has 10 N–H and O–H groups in total. The standard InChI is InChI=1S/C55H116N8O5/c1-56-39-33-45-58-41-28-30-43-60-49-52(50-61-44-31-29-42-59-46-34-40-57-2)35-24-21-23-27-48-62-54(65)37-25-20-18-16-14-12-10-8-6-4-3-5-7-9-11-13-15-17-19-22-26-47-63-55(66)38-32-36-53(51-64)68-67/h52-53,56-61,64,67H,3-51H2,1-2H3,(H,62,65)(H,63,66)/t53-/m0/s1. The Bertz CT molecular complexity index is 974. The first-order valence-electron chi connectivity index (χ1n) is 29.1. The third kappa shape index (κ3) is 53.9. The first-order chi connectivity index (χ1) is 33.6. The Morgan fingerprint density at radius 3 is 1.07 bits per heavy atom. The average Bonchev–Trinajstić information content (AvgIpc) is 3.34. The summed E-state index contributed by atoms with van der Waals surface area (Å²) in [5.41, 5.74) is 0. The number of hydrogen-bond acceptors (Lipinski definition) is 11. The minimum atomic E-state index is -0.595. The minimum Gasteiger partial charge on any atom is -0.394 e. The van der Waals surface area contributed by atoms with Gasteiger partial charge in [0.25, 0.3) is 0 Å². The van der Waals surface area contributed by atoms with Gasteiger partial charge < -0.3 is 47.6 Å². The van der Waals surface area contributed by atoms with Crippen LogP contribution in [0.3, 0.4) is 0 Å². The Kier molecular flexibility index (Phi) is 56.9. The predicted octanol–water partition coefficient (Wildman–Crippen LogP) is 9.53. The van der Waals surface area contributed by atoms with Gasteiger partial charge in [-0.1, -0.05) is 141 Å². The van der Waals surface area contributed by atoms with Crippen molar-refractivity contribution in [1.29, 1.82) is 0 Å². The topological polar surface area (TPSA) is 180 Å². The average molecular weight is 970 g/mol. The molecule has 0 bridgehead atoms. The van der Waals surface area contributed by atoms with E-state index in [0.717, 1.165) is 97.8 Å². The summed E-state index contributed by atoms with van der Waals surface area (Å²) >= 11 is 0. The van der Waals surface area contributed by atoms with Crippen LogP contribution in [0.1, 0.15) is 231 Å². The van der Waals surface area contributed by atoms with Gasteiger partial charge in [0.05, 0.1) is 6.61 Å². The third-order valence-electron chi connectivity index (χ3n) is 13.4. The Balaban J connectivity index is 3.63. The summed E-state index contributed by atoms with van der Waals surface area (Å²) < 4.78 is 0. The van der Waals surface area contributed by atoms with Crippen molar-refractivity contribution in [1.82, 2.24) is 42.5 Å². The smallest absolute Gasteiger partial charge is 0.219 e. The van der Waals surface area contributed by atoms with Gasteiger partial charge in [0.1, 0.15) is 6.10 Å². The molecule has 0 rings (SSSR count). The van der Waals surface area contributed by atoms with Gasteiger partial charge in [0.2, 0.25) is 11.8 Å². The van der Waals surface area contributed by atoms with E-state index in [1.54, 1.807) is 0 Å². The second kappa shape index (κ2) is 58.2. The van der Waals surface area contributed by atoms with Gasteiger partial charge in [-0.3, -0.25) is 14.8 Å². The molecule has 0 fully saturated rings. The van der Waals surface area contributed by atoms with Crippen LogP contribution in [0.15, 0.2) is 0 Å². The molecule has 0 aliphatic rings. The van der Waals surface area contributed by atoms with E-state index in [0.29, 0.717) is 31.6 Å². The van der Waals surface area contributed by atoms with E-state index >= 15 is 0 Å². The quantitative estimate of drug-likeness (QED) is 0.0159. The predicted molar refractivity (Wildman–Crippen MR) is 290 cm³/mol. The third-order valence-corrected chi connectivity index (χ3v) is 13.4. The Morgan fingerprint density at radius 1 is 0.368 bits per heavy atom. The molecular formula is C55H116N8O5. The largest absolute Gasteiger partial charge is 0.394 e. The number of amides is 2. The van der Waals surface area contributed by atoms with Gasteiger partial charge in [-0.05, 0) is 163 Å². The molecule has 13 heteroatoms. The fourth-order valence-electron chi connectivity index (χ4n) is 8.90. The van der Waals surface area contributed by atoms with Crippen molar-refractivity contribution in [3.05, 3.63) is 0 Å². The zero-order chi connectivity index (χ0) is 49.3. The van der Waals surface area contributed by atoms with Crippen LogP contribution in [0, 0.1) is 5.92 Å². The van der Waals surface area contributed by atoms with Crippen LogP contribution in [-0.4, -0.2) is 128 Å². The van der Waals surface area contributed by atoms with E-state index in [9.17, 15) is 9.59 Å². The highest BCUT2D eigenvalue weighted by Gasteiger charge is 2.10. The van der Waals surface area contributed by atoms with E-state index in [2.05, 4.69) is 47.4 Å². The molecule has 0 radical (unpaired) electrons. The van der Waals surface area contributed by atoms with Crippen molar-refractivity contribution in [3.63, 3.8) is 0 Å². The molecule has 13 nitrogen and oxygen atoms in total. The highest BCUT2D eigenvalue weighted by Crippen LogP contribution is 2.16. The Labute approximate surface area is 420 Å². The van der Waals surface area contributed by atoms with Crippen LogP contribution in [-0.2, 0) is 14.5 Å². The Hall–Kier alpha value is -1.42. The molecule has 0 heterocycles. The summed E-state index contributed by atoms with van der Waals surface area (Å²) in [6.45, 7) is 12.4. The highest BCUT2D eigenvalue weighted by atomic mass is 17.1. The molecule has 2 amide bonds. The molecule has 0 aromatic heterocycles. The molecular weight excluding hydrogens is 853 g/mol. The first-order valence-corrected chi connectivity index (χ1v) is 29.1. The number of unbranched alkanes of at least 4 members (excludes halogenated alkanes) is 25. The van der Waals surface area contributed by atoms with E-state index in [-0.39, 0.29) is 18.4 Å². The number of nitrogens with one attached hydrogen (secondary N) is 8. The van der Waals surface area contributed by atoms with Gasteiger partial charge in [-0.15, -0.1) is 0 Å². The second-order valence-electron chi connectivity index (χ2n) is 20.0. The SMILES string of the molecule is CNCCCNCCCCNCC(CCCCCCNC(=O)CCCCCCCCCCCCCCCCCCCCCCCNC(=O)CCC[C@@H](CO)OO)CNCCCCNCCCNC. The maximum Gasteiger partial charge on any atom is 0.219 e. The lowest BCUT2D eigenvalue weighted by Gasteiger charge is -2.19. The van der Waals surface area contributed by atoms with Crippen LogP contribution in [0.25, 0.3) is 0 Å². The van der Waals surface area contributed by atoms with E-state index in [1.165, 1.54) is 186 Å². The summed E-state index contributed by atoms with van der Waals surface area (Å²) in [7, 11) is 4.03. The van der Waals surface area contributed by atoms with E-state index in [1.807, 2.05) is 14.1 Å². The zero-order valence-corrected chi connectivity index (χ0v) is 44.9. The summed E-state index contributed by atoms with van der Waals surface area (Å²) in [5, 5.41) is 44.8. The van der Waals surface area contributed by atoms with Crippen molar-refractivity contribution in [3.8, 4) is 0 Å². The molecule has 0 unspecified atom stereocenters. The van der Waals surface area contributed by atoms with Crippen molar-refractivity contribution < 1.29 is 24.8 Å². The number of hydrogen-bond donors (Lipinski definition) is 10. The molecule has 0 aromatic carbocycles. The van der Waals surface area contributed by atoms with Crippen LogP contribution in [0.5, 0.6) is 0 Å². The van der Waals surface area contributed by atoms with Crippen LogP contribution < -0.4 is 42.5 Å². The summed E-state index contributed by atoms with van der Waals surface area (Å²) in [6, 6.07) is 0. The monoisotopic (exact) mass is 969 g/mol. The fraction of sp³-hybridized carbons (Fsp3) is 0.964. The molecule has 68 heavy (non-hydrogen) atoms. The van der Waals surface area contributed by atoms with Crippen LogP contribution >= 0.6 is 0 Å². The molecule has 0 saturated carbocycles. The number of carbonyl (C=O) groups is 2. The number of carbonyl (C=O) groups excluding carboxylic acids is 2. The molecule has 406 valence electrons. The zero-order valence-electron chi connectivity index (χ0n) is 44.9. The summed E-state index contributed by atoms with van der Waals surface area (Å²) in [5.74, 6) is 0.962. The van der Waals surface area contributed by atoms with Crippen molar-refractivity contribution in [2.24, 2.45) is 5.92 Å². The van der Waals surface area contributed by atoms with Gasteiger partial charge in [-0.25, -0.2) is 4.89 Å².